The van der Waals surface area contributed by atoms with E-state index in [4.69, 9.17) is 0 Å². The van der Waals surface area contributed by atoms with E-state index in [1.165, 1.54) is 115 Å². The Balaban J connectivity index is 0.000000122. The lowest BCUT2D eigenvalue weighted by atomic mass is 9.96. The third kappa shape index (κ3) is 30.6. The zero-order valence-electron chi connectivity index (χ0n) is 83.5. The summed E-state index contributed by atoms with van der Waals surface area (Å²) in [5.74, 6) is 0. The van der Waals surface area contributed by atoms with Crippen molar-refractivity contribution in [3.05, 3.63) is 556 Å². The smallest absolute Gasteiger partial charge is 0.0886 e. The average Bonchev–Trinajstić information content (AvgIpc) is 0.784. The number of aryl methyl sites for hydroxylation is 10. The van der Waals surface area contributed by atoms with Crippen LogP contribution in [0.1, 0.15) is 56.0 Å². The van der Waals surface area contributed by atoms with Crippen molar-refractivity contribution in [2.45, 2.75) is 69.2 Å². The molecule has 0 amide bonds. The van der Waals surface area contributed by atoms with Gasteiger partial charge < -0.3 is 0 Å². The van der Waals surface area contributed by atoms with Crippen molar-refractivity contribution in [3.8, 4) is 112 Å². The second-order valence-corrected chi connectivity index (χ2v) is 34.7. The molecule has 0 fully saturated rings. The maximum atomic E-state index is 4.37. The third-order valence-electron chi connectivity index (χ3n) is 23.4. The van der Waals surface area contributed by atoms with Gasteiger partial charge in [0.15, 0.2) is 0 Å². The maximum absolute atomic E-state index is 4.37. The normalized spacial score (nSPS) is 10.3. The summed E-state index contributed by atoms with van der Waals surface area (Å²) in [4.78, 5) is 66.7. The molecule has 0 aliphatic rings. The molecule has 16 heterocycles. The van der Waals surface area contributed by atoms with Crippen LogP contribution < -0.4 is 0 Å². The van der Waals surface area contributed by atoms with Crippen molar-refractivity contribution in [2.24, 2.45) is 0 Å². The van der Waals surface area contributed by atoms with Crippen LogP contribution in [0.25, 0.3) is 155 Å². The van der Waals surface area contributed by atoms with Crippen LogP contribution in [0, 0.1) is 69.2 Å². The summed E-state index contributed by atoms with van der Waals surface area (Å²) in [5, 5.41) is 10.3. The van der Waals surface area contributed by atoms with Crippen molar-refractivity contribution in [1.82, 2.24) is 79.7 Å². The van der Waals surface area contributed by atoms with Crippen LogP contribution in [0.15, 0.2) is 500 Å². The summed E-state index contributed by atoms with van der Waals surface area (Å²) in [6.07, 6.45) is 41.9. The molecule has 8 aromatic carbocycles. The number of rotatable bonds is 10. The van der Waals surface area contributed by atoms with E-state index in [9.17, 15) is 0 Å². The molecule has 24 rings (SSSR count). The van der Waals surface area contributed by atoms with Crippen molar-refractivity contribution in [1.29, 1.82) is 0 Å². The predicted octanol–water partition coefficient (Wildman–Crippen LogP) is 31.6. The highest BCUT2D eigenvalue weighted by atomic mass is 14.8. The van der Waals surface area contributed by atoms with E-state index < -0.39 is 0 Å². The fraction of sp³-hybridized carbons (Fsp3) is 0.0769. The van der Waals surface area contributed by atoms with Crippen LogP contribution >= 0.6 is 0 Å². The van der Waals surface area contributed by atoms with Gasteiger partial charge in [-0.1, -0.05) is 205 Å². The summed E-state index contributed by atoms with van der Waals surface area (Å²) < 4.78 is 0. The van der Waals surface area contributed by atoms with Crippen LogP contribution in [-0.2, 0) is 0 Å². The number of benzene rings is 8. The lowest BCUT2D eigenvalue weighted by Gasteiger charge is -2.08. The predicted molar refractivity (Wildman–Crippen MR) is 601 cm³/mol. The minimum atomic E-state index is 0.919. The molecule has 16 aromatic heterocycles. The fourth-order valence-corrected chi connectivity index (χ4v) is 15.4. The molecule has 0 saturated heterocycles. The number of nitrogens with zero attached hydrogens (tertiary/aromatic N) is 16. The van der Waals surface area contributed by atoms with Crippen LogP contribution in [0.4, 0.5) is 0 Å². The van der Waals surface area contributed by atoms with E-state index in [1.807, 2.05) is 298 Å². The molecule has 24 aromatic rings. The van der Waals surface area contributed by atoms with Gasteiger partial charge in [0.05, 0.1) is 34.2 Å². The van der Waals surface area contributed by atoms with Gasteiger partial charge in [-0.05, 0) is 338 Å². The van der Waals surface area contributed by atoms with E-state index >= 15 is 0 Å². The first-order valence-corrected chi connectivity index (χ1v) is 48.1. The molecule has 0 N–H and O–H groups in total. The van der Waals surface area contributed by atoms with Crippen molar-refractivity contribution < 1.29 is 0 Å². The summed E-state index contributed by atoms with van der Waals surface area (Å²) >= 11 is 0. The van der Waals surface area contributed by atoms with Crippen molar-refractivity contribution in [3.63, 3.8) is 0 Å². The number of pyridine rings is 16. The van der Waals surface area contributed by atoms with Crippen molar-refractivity contribution in [2.75, 3.05) is 0 Å². The molecule has 0 saturated carbocycles. The van der Waals surface area contributed by atoms with Crippen LogP contribution in [0.2, 0.25) is 0 Å². The van der Waals surface area contributed by atoms with E-state index in [1.54, 1.807) is 55.8 Å². The second kappa shape index (κ2) is 53.0. The monoisotopic (exact) mass is 1900 g/mol. The molecule has 0 atom stereocenters. The fourth-order valence-electron chi connectivity index (χ4n) is 15.4. The largest absolute Gasteiger partial charge is 0.265 e. The van der Waals surface area contributed by atoms with Gasteiger partial charge in [-0.15, -0.1) is 0 Å². The Hall–Kier alpha value is -18.8. The zero-order chi connectivity index (χ0) is 101. The topological polar surface area (TPSA) is 206 Å². The molecule has 0 radical (unpaired) electrons. The van der Waals surface area contributed by atoms with E-state index in [0.717, 1.165) is 95.8 Å². The Morgan fingerprint density at radius 2 is 0.438 bits per heavy atom. The number of aromatic nitrogens is 16. The zero-order valence-corrected chi connectivity index (χ0v) is 83.5. The SMILES string of the molecule is Cc1ccc(-c2ccccn2)cn1.Cc1ccc(-c2ccccn2)nc1.Cc1ccc(-c2cccnc2)cn1.Cc1ccc(-c2cccnc2)nc1.Cc1ccc(-c2ccncc2)c2ccccc12.Cc1ccc(-c2ccncc2)cn1.Cc1ccc(-c2ccncc2)nc1.Cc1ccc2cc(-c3ccccn3)ccc2c1.Cc1ccc2cc(-c3cccnc3)ccc2c1.Cc1ccc2cc(-c3ccncc3)ccc2c1. The van der Waals surface area contributed by atoms with Gasteiger partial charge in [-0.2, -0.15) is 0 Å². The van der Waals surface area contributed by atoms with E-state index in [0.29, 0.717) is 0 Å². The summed E-state index contributed by atoms with van der Waals surface area (Å²) in [7, 11) is 0. The number of hydrogen-bond acceptors (Lipinski definition) is 16. The first-order chi connectivity index (χ1) is 71.5. The average molecular weight is 1900 g/mol. The van der Waals surface area contributed by atoms with Gasteiger partial charge in [0.1, 0.15) is 0 Å². The van der Waals surface area contributed by atoms with Gasteiger partial charge in [0, 0.05) is 204 Å². The van der Waals surface area contributed by atoms with Gasteiger partial charge in [-0.25, -0.2) is 0 Å². The number of fused-ring (bicyclic) bond motifs is 4. The molecule has 0 aliphatic carbocycles. The molecule has 0 unspecified atom stereocenters. The molecular weight excluding hydrogens is 1790 g/mol. The highest BCUT2D eigenvalue weighted by Crippen LogP contribution is 2.33. The first kappa shape index (κ1) is 102. The van der Waals surface area contributed by atoms with Crippen LogP contribution in [-0.4, -0.2) is 79.7 Å². The molecular formula is C130H112N16. The van der Waals surface area contributed by atoms with Crippen LogP contribution in [0.5, 0.6) is 0 Å². The minimum absolute atomic E-state index is 0.919. The maximum Gasteiger partial charge on any atom is 0.0886 e. The molecule has 0 spiro atoms. The summed E-state index contributed by atoms with van der Waals surface area (Å²) in [6.45, 7) is 20.5. The summed E-state index contributed by atoms with van der Waals surface area (Å²) in [5.41, 5.74) is 33.8. The molecule has 0 aliphatic heterocycles. The molecule has 712 valence electrons. The highest BCUT2D eigenvalue weighted by molar-refractivity contribution is 5.98. The number of hydrogen-bond donors (Lipinski definition) is 0. The lowest BCUT2D eigenvalue weighted by Crippen LogP contribution is -1.85. The van der Waals surface area contributed by atoms with Gasteiger partial charge in [0.25, 0.3) is 0 Å². The molecule has 0 bridgehead atoms. The Bertz CT molecular complexity index is 7180. The third-order valence-corrected chi connectivity index (χ3v) is 23.4. The van der Waals surface area contributed by atoms with Gasteiger partial charge in [-0.3, -0.25) is 79.7 Å². The Morgan fingerprint density at radius 3 is 0.849 bits per heavy atom. The van der Waals surface area contributed by atoms with Gasteiger partial charge >= 0.3 is 0 Å². The molecule has 16 heteroatoms. The van der Waals surface area contributed by atoms with Crippen LogP contribution in [0.3, 0.4) is 0 Å². The molecule has 16 nitrogen and oxygen atoms in total. The quantitative estimate of drug-likeness (QED) is 0.125. The first-order valence-electron chi connectivity index (χ1n) is 48.1. The Morgan fingerprint density at radius 1 is 0.137 bits per heavy atom. The summed E-state index contributed by atoms with van der Waals surface area (Å²) in [6, 6.07) is 122. The van der Waals surface area contributed by atoms with E-state index in [2.05, 4.69) is 295 Å². The molecule has 146 heavy (non-hydrogen) atoms. The Labute approximate surface area is 854 Å². The van der Waals surface area contributed by atoms with Gasteiger partial charge in [0.2, 0.25) is 0 Å². The standard InChI is InChI=1S/4C16H13N.6C11H10N2/c1-12-2-3-16-11-15(5-4-14(16)10-12)13-6-8-17-9-7-13;1-12-4-5-14-10-15(7-6-13(14)9-12)16-3-2-8-17-11-16;1-12-5-6-14-11-15(8-7-13(14)10-12)16-4-2-3-9-17-16;1-12-6-7-15(13-8-10-17-11-9-13)16-5-3-2-4-14(12)16;1-9-2-3-11(8-13-9)10-4-6-12-7-5-10;1-9-2-3-11(13-8-9)10-4-6-12-7-5-10;1-9-4-5-11(8-13-9)10-3-2-6-12-7-10;1-9-4-5-11(13-7-9)10-3-2-6-12-8-10;1-9-5-6-10(8-13-9)11-4-2-3-7-12-11;1-9-5-6-11(13-8-9)10-4-2-3-7-12-10/h4*2-11H,1H3;6*2-8H,1H3. The Kier molecular flexibility index (Phi) is 36.9. The minimum Gasteiger partial charge on any atom is -0.265 e. The van der Waals surface area contributed by atoms with Crippen molar-refractivity contribution >= 4 is 43.1 Å². The second-order valence-electron chi connectivity index (χ2n) is 34.7. The lowest BCUT2D eigenvalue weighted by molar-refractivity contribution is 1.19. The van der Waals surface area contributed by atoms with E-state index in [-0.39, 0.29) is 0 Å². The highest BCUT2D eigenvalue weighted by Gasteiger charge is 2.10.